The molecule has 0 fully saturated rings. The summed E-state index contributed by atoms with van der Waals surface area (Å²) < 4.78 is 1.12. The smallest absolute Gasteiger partial charge is 0.161 e. The molecular weight excluding hydrogens is 361 g/mol. The minimum absolute atomic E-state index is 0.381. The third-order valence-electron chi connectivity index (χ3n) is 3.08. The quantitative estimate of drug-likeness (QED) is 0.786. The third kappa shape index (κ3) is 3.29. The van der Waals surface area contributed by atoms with E-state index in [0.29, 0.717) is 5.92 Å². The summed E-state index contributed by atoms with van der Waals surface area (Å²) >= 11 is 2.33. The van der Waals surface area contributed by atoms with Gasteiger partial charge in [-0.05, 0) is 42.4 Å². The first kappa shape index (κ1) is 15.2. The van der Waals surface area contributed by atoms with Crippen LogP contribution in [0.1, 0.15) is 37.9 Å². The molecule has 0 aliphatic rings. The molecule has 0 aliphatic carbocycles. The molecule has 0 spiro atoms. The Bertz CT molecular complexity index is 591. The van der Waals surface area contributed by atoms with Crippen LogP contribution in [0.3, 0.4) is 0 Å². The van der Waals surface area contributed by atoms with Crippen molar-refractivity contribution in [2.45, 2.75) is 33.6 Å². The van der Waals surface area contributed by atoms with Crippen LogP contribution in [0, 0.1) is 10.5 Å². The third-order valence-corrected chi connectivity index (χ3v) is 4.14. The van der Waals surface area contributed by atoms with E-state index in [-0.39, 0.29) is 0 Å². The predicted octanol–water partition coefficient (Wildman–Crippen LogP) is 4.61. The molecule has 0 saturated carbocycles. The van der Waals surface area contributed by atoms with Crippen molar-refractivity contribution in [3.05, 3.63) is 39.1 Å². The maximum absolute atomic E-state index is 4.76. The largest absolute Gasteiger partial charge is 0.369 e. The number of aromatic nitrogens is 2. The summed E-state index contributed by atoms with van der Waals surface area (Å²) in [5.41, 5.74) is 3.41. The number of hydrogen-bond acceptors (Lipinski definition) is 3. The Balaban J connectivity index is 2.55. The van der Waals surface area contributed by atoms with Gasteiger partial charge in [-0.15, -0.1) is 0 Å². The van der Waals surface area contributed by atoms with E-state index in [1.54, 1.807) is 0 Å². The average Bonchev–Trinajstić information content (AvgIpc) is 2.42. The lowest BCUT2D eigenvalue weighted by molar-refractivity contribution is 0.808. The molecule has 1 aromatic heterocycles. The minimum atomic E-state index is 0.381. The molecule has 0 atom stereocenters. The Labute approximate surface area is 134 Å². The molecule has 0 amide bonds. The molecule has 1 aromatic carbocycles. The Morgan fingerprint density at radius 3 is 2.35 bits per heavy atom. The lowest BCUT2D eigenvalue weighted by atomic mass is 10.1. The summed E-state index contributed by atoms with van der Waals surface area (Å²) in [6.07, 6.45) is 0. The highest BCUT2D eigenvalue weighted by Gasteiger charge is 2.15. The molecule has 106 valence electrons. The molecule has 4 heteroatoms. The topological polar surface area (TPSA) is 37.8 Å². The normalized spacial score (nSPS) is 10.9. The zero-order chi connectivity index (χ0) is 14.7. The molecule has 0 aliphatic heterocycles. The van der Waals surface area contributed by atoms with Crippen molar-refractivity contribution in [1.29, 1.82) is 0 Å². The molecule has 2 aromatic rings. The second-order valence-electron chi connectivity index (χ2n) is 5.15. The number of rotatable bonds is 4. The standard InChI is InChI=1S/C16H20IN3/c1-5-18-16-13(17)14(10(2)3)19-15(20-16)12-8-6-11(4)7-9-12/h6-10H,5H2,1-4H3,(H,18,19,20). The van der Waals surface area contributed by atoms with Crippen LogP contribution in [0.25, 0.3) is 11.4 Å². The van der Waals surface area contributed by atoms with Crippen LogP contribution in [-0.2, 0) is 0 Å². The van der Waals surface area contributed by atoms with Crippen LogP contribution < -0.4 is 5.32 Å². The van der Waals surface area contributed by atoms with Gasteiger partial charge < -0.3 is 5.32 Å². The molecule has 2 rings (SSSR count). The molecule has 1 heterocycles. The number of hydrogen-bond donors (Lipinski definition) is 1. The van der Waals surface area contributed by atoms with E-state index in [2.05, 4.69) is 84.9 Å². The van der Waals surface area contributed by atoms with Gasteiger partial charge in [0.15, 0.2) is 5.82 Å². The number of anilines is 1. The molecule has 0 unspecified atom stereocenters. The molecule has 3 nitrogen and oxygen atoms in total. The zero-order valence-electron chi connectivity index (χ0n) is 12.4. The van der Waals surface area contributed by atoms with Crippen molar-refractivity contribution in [3.63, 3.8) is 0 Å². The second kappa shape index (κ2) is 6.52. The van der Waals surface area contributed by atoms with Gasteiger partial charge in [0.25, 0.3) is 0 Å². The van der Waals surface area contributed by atoms with Crippen LogP contribution in [0.15, 0.2) is 24.3 Å². The van der Waals surface area contributed by atoms with Crippen LogP contribution >= 0.6 is 22.6 Å². The summed E-state index contributed by atoms with van der Waals surface area (Å²) in [7, 11) is 0. The van der Waals surface area contributed by atoms with Gasteiger partial charge in [-0.3, -0.25) is 0 Å². The van der Waals surface area contributed by atoms with Gasteiger partial charge in [0.2, 0.25) is 0 Å². The maximum Gasteiger partial charge on any atom is 0.161 e. The Hall–Kier alpha value is -1.17. The van der Waals surface area contributed by atoms with Crippen molar-refractivity contribution in [3.8, 4) is 11.4 Å². The van der Waals surface area contributed by atoms with Crippen LogP contribution in [-0.4, -0.2) is 16.5 Å². The SMILES string of the molecule is CCNc1nc(-c2ccc(C)cc2)nc(C(C)C)c1I. The van der Waals surface area contributed by atoms with Crippen molar-refractivity contribution in [2.24, 2.45) is 0 Å². The van der Waals surface area contributed by atoms with E-state index in [0.717, 1.165) is 33.0 Å². The summed E-state index contributed by atoms with van der Waals surface area (Å²) in [5, 5.41) is 3.33. The van der Waals surface area contributed by atoms with E-state index in [1.807, 2.05) is 0 Å². The van der Waals surface area contributed by atoms with Gasteiger partial charge in [-0.25, -0.2) is 9.97 Å². The van der Waals surface area contributed by atoms with Gasteiger partial charge in [-0.1, -0.05) is 43.7 Å². The minimum Gasteiger partial charge on any atom is -0.369 e. The van der Waals surface area contributed by atoms with E-state index in [9.17, 15) is 0 Å². The van der Waals surface area contributed by atoms with Gasteiger partial charge >= 0.3 is 0 Å². The Morgan fingerprint density at radius 1 is 1.15 bits per heavy atom. The number of benzene rings is 1. The van der Waals surface area contributed by atoms with Gasteiger partial charge in [0.05, 0.1) is 9.26 Å². The summed E-state index contributed by atoms with van der Waals surface area (Å²) in [4.78, 5) is 9.43. The van der Waals surface area contributed by atoms with Gasteiger partial charge in [0, 0.05) is 12.1 Å². The van der Waals surface area contributed by atoms with Crippen molar-refractivity contribution < 1.29 is 0 Å². The first-order chi connectivity index (χ1) is 9.52. The molecule has 0 radical (unpaired) electrons. The van der Waals surface area contributed by atoms with Crippen molar-refractivity contribution >= 4 is 28.4 Å². The average molecular weight is 381 g/mol. The first-order valence-electron chi connectivity index (χ1n) is 6.91. The van der Waals surface area contributed by atoms with Gasteiger partial charge in [-0.2, -0.15) is 0 Å². The second-order valence-corrected chi connectivity index (χ2v) is 6.22. The van der Waals surface area contributed by atoms with E-state index in [4.69, 9.17) is 4.98 Å². The molecule has 0 bridgehead atoms. The highest BCUT2D eigenvalue weighted by atomic mass is 127. The molecular formula is C16H20IN3. The zero-order valence-corrected chi connectivity index (χ0v) is 14.5. The monoisotopic (exact) mass is 381 g/mol. The predicted molar refractivity (Wildman–Crippen MR) is 93.2 cm³/mol. The van der Waals surface area contributed by atoms with Gasteiger partial charge in [0.1, 0.15) is 5.82 Å². The summed E-state index contributed by atoms with van der Waals surface area (Å²) in [6, 6.07) is 8.35. The number of nitrogens with zero attached hydrogens (tertiary/aromatic N) is 2. The Morgan fingerprint density at radius 2 is 1.80 bits per heavy atom. The molecule has 1 N–H and O–H groups in total. The van der Waals surface area contributed by atoms with E-state index < -0.39 is 0 Å². The summed E-state index contributed by atoms with van der Waals surface area (Å²) in [5.74, 6) is 2.11. The first-order valence-corrected chi connectivity index (χ1v) is 7.99. The maximum atomic E-state index is 4.76. The number of aryl methyl sites for hydroxylation is 1. The van der Waals surface area contributed by atoms with Crippen molar-refractivity contribution in [2.75, 3.05) is 11.9 Å². The highest BCUT2D eigenvalue weighted by Crippen LogP contribution is 2.28. The van der Waals surface area contributed by atoms with Crippen molar-refractivity contribution in [1.82, 2.24) is 9.97 Å². The van der Waals surface area contributed by atoms with Crippen LogP contribution in [0.5, 0.6) is 0 Å². The lowest BCUT2D eigenvalue weighted by Gasteiger charge is -2.14. The fourth-order valence-corrected chi connectivity index (χ4v) is 3.02. The Kier molecular flexibility index (Phi) is 4.96. The summed E-state index contributed by atoms with van der Waals surface area (Å²) in [6.45, 7) is 9.36. The lowest BCUT2D eigenvalue weighted by Crippen LogP contribution is -2.09. The number of nitrogens with one attached hydrogen (secondary N) is 1. The highest BCUT2D eigenvalue weighted by molar-refractivity contribution is 14.1. The van der Waals surface area contributed by atoms with E-state index in [1.165, 1.54) is 5.56 Å². The molecule has 20 heavy (non-hydrogen) atoms. The molecule has 0 saturated heterocycles. The number of halogens is 1. The fourth-order valence-electron chi connectivity index (χ4n) is 1.96. The fraction of sp³-hybridized carbons (Fsp3) is 0.375. The van der Waals surface area contributed by atoms with E-state index >= 15 is 0 Å². The van der Waals surface area contributed by atoms with Crippen LogP contribution in [0.2, 0.25) is 0 Å². The van der Waals surface area contributed by atoms with Crippen LogP contribution in [0.4, 0.5) is 5.82 Å².